The van der Waals surface area contributed by atoms with E-state index in [0.29, 0.717) is 37.6 Å². The minimum absolute atomic E-state index is 0.0854. The van der Waals surface area contributed by atoms with E-state index in [9.17, 15) is 9.59 Å². The maximum absolute atomic E-state index is 11.1. The number of unbranched alkanes of at least 4 members (excludes halogenated alkanes) is 16. The molecule has 4 nitrogen and oxygen atoms in total. The second-order valence-corrected chi connectivity index (χ2v) is 13.2. The molecule has 0 bridgehead atoms. The molecule has 0 aliphatic carbocycles. The molecule has 0 atom stereocenters. The fourth-order valence-electron chi connectivity index (χ4n) is 3.62. The van der Waals surface area contributed by atoms with Crippen molar-refractivity contribution in [2.24, 2.45) is 0 Å². The molecule has 0 radical (unpaired) electrons. The number of carbonyl (C=O) groups excluding carboxylic acids is 2. The normalized spacial score (nSPS) is 9.89. The summed E-state index contributed by atoms with van der Waals surface area (Å²) in [6, 6.07) is 0. The molecule has 0 aliphatic heterocycles. The third kappa shape index (κ3) is 46.6. The first-order valence-corrected chi connectivity index (χ1v) is 22.0. The van der Waals surface area contributed by atoms with Crippen molar-refractivity contribution in [1.29, 1.82) is 0 Å². The molecule has 0 aromatic rings. The van der Waals surface area contributed by atoms with Crippen LogP contribution in [-0.2, 0) is 44.3 Å². The second kappa shape index (κ2) is 40.9. The van der Waals surface area contributed by atoms with Crippen molar-refractivity contribution in [3.63, 3.8) is 0 Å². The quantitative estimate of drug-likeness (QED) is 0.0444. The molecular weight excluding hydrogens is 607 g/mol. The van der Waals surface area contributed by atoms with Crippen LogP contribution in [0.5, 0.6) is 0 Å². The molecule has 37 heavy (non-hydrogen) atoms. The zero-order valence-electron chi connectivity index (χ0n) is 24.9. The van der Waals surface area contributed by atoms with E-state index in [4.69, 9.17) is 34.7 Å². The molecule has 0 N–H and O–H groups in total. The summed E-state index contributed by atoms with van der Waals surface area (Å²) in [4.78, 5) is 26.9. The van der Waals surface area contributed by atoms with Crippen LogP contribution < -0.4 is 0 Å². The van der Waals surface area contributed by atoms with Gasteiger partial charge in [0.2, 0.25) is 0 Å². The number of ether oxygens (including phenoxy) is 2. The van der Waals surface area contributed by atoms with E-state index < -0.39 is 0 Å². The minimum atomic E-state index is -0.0854. The van der Waals surface area contributed by atoms with Crippen LogP contribution in [0.15, 0.2) is 0 Å². The number of hydrogen-bond donors (Lipinski definition) is 0. The zero-order valence-corrected chi connectivity index (χ0v) is 29.4. The standard InChI is InChI=1S/2C14H28O2S.2CH3.Sn/c2*1-2-3-4-5-6-7-8-9-10-11-14(15)16-12-13-17;;;/h2*17H,2-13H2,1H3;2*1H3;/q;;;;+2/p-2. The van der Waals surface area contributed by atoms with Crippen LogP contribution in [0.25, 0.3) is 0 Å². The van der Waals surface area contributed by atoms with Crippen molar-refractivity contribution in [3.8, 4) is 0 Å². The summed E-state index contributed by atoms with van der Waals surface area (Å²) in [7, 11) is 0. The van der Waals surface area contributed by atoms with Crippen LogP contribution in [0.2, 0.25) is 9.88 Å². The van der Waals surface area contributed by atoms with E-state index in [0.717, 1.165) is 25.7 Å². The third-order valence-corrected chi connectivity index (χ3v) is 6.00. The van der Waals surface area contributed by atoms with Crippen molar-refractivity contribution in [2.75, 3.05) is 24.7 Å². The number of rotatable bonds is 24. The van der Waals surface area contributed by atoms with Crippen molar-refractivity contribution >= 4 is 58.3 Å². The van der Waals surface area contributed by atoms with E-state index in [1.54, 1.807) is 0 Å². The molecule has 0 saturated carbocycles. The van der Waals surface area contributed by atoms with Gasteiger partial charge in [-0.1, -0.05) is 117 Å². The van der Waals surface area contributed by atoms with Crippen molar-refractivity contribution in [1.82, 2.24) is 0 Å². The van der Waals surface area contributed by atoms with E-state index in [1.165, 1.54) is 89.9 Å². The van der Waals surface area contributed by atoms with Crippen LogP contribution in [-0.4, -0.2) is 57.8 Å². The van der Waals surface area contributed by atoms with Gasteiger partial charge >= 0.3 is 43.0 Å². The Bertz CT molecular complexity index is 402. The maximum atomic E-state index is 11.1. The van der Waals surface area contributed by atoms with Gasteiger partial charge in [0.25, 0.3) is 0 Å². The fourth-order valence-corrected chi connectivity index (χ4v) is 3.78. The Morgan fingerprint density at radius 3 is 1.00 bits per heavy atom. The van der Waals surface area contributed by atoms with E-state index in [2.05, 4.69) is 23.7 Å². The molecule has 0 heterocycles. The molecule has 0 spiro atoms. The summed E-state index contributed by atoms with van der Waals surface area (Å²) < 4.78 is 9.84. The summed E-state index contributed by atoms with van der Waals surface area (Å²) in [6.45, 7) is 5.27. The first-order chi connectivity index (χ1) is 18.0. The van der Waals surface area contributed by atoms with Gasteiger partial charge in [0.05, 0.1) is 13.2 Å². The van der Waals surface area contributed by atoms with Gasteiger partial charge in [-0.2, -0.15) is 0 Å². The van der Waals surface area contributed by atoms with Crippen LogP contribution in [0.3, 0.4) is 0 Å². The molecule has 7 heteroatoms. The molecule has 0 rings (SSSR count). The van der Waals surface area contributed by atoms with E-state index in [1.807, 2.05) is 0 Å². The molecule has 0 aromatic heterocycles. The molecular formula is C30H60O4S2Sn. The Balaban J connectivity index is -0.000000564. The van der Waals surface area contributed by atoms with Gasteiger partial charge in [-0.05, 0) is 12.8 Å². The van der Waals surface area contributed by atoms with Crippen molar-refractivity contribution < 1.29 is 19.1 Å². The van der Waals surface area contributed by atoms with Gasteiger partial charge in [0.1, 0.15) is 0 Å². The first-order valence-electron chi connectivity index (χ1n) is 15.1. The van der Waals surface area contributed by atoms with Gasteiger partial charge < -0.3 is 34.7 Å². The van der Waals surface area contributed by atoms with Crippen LogP contribution >= 0.6 is 0 Å². The molecule has 0 aromatic carbocycles. The molecule has 0 unspecified atom stereocenters. The van der Waals surface area contributed by atoms with Gasteiger partial charge in [0, 0.05) is 12.8 Å². The summed E-state index contributed by atoms with van der Waals surface area (Å²) in [5.41, 5.74) is 0. The van der Waals surface area contributed by atoms with Crippen LogP contribution in [0.1, 0.15) is 142 Å². The molecule has 0 fully saturated rings. The fraction of sp³-hybridized carbons (Fsp3) is 0.933. The Morgan fingerprint density at radius 1 is 0.514 bits per heavy atom. The molecule has 0 amide bonds. The molecule has 0 aliphatic rings. The van der Waals surface area contributed by atoms with Crippen molar-refractivity contribution in [3.05, 3.63) is 0 Å². The predicted octanol–water partition coefficient (Wildman–Crippen LogP) is 8.78. The van der Waals surface area contributed by atoms with Crippen LogP contribution in [0.4, 0.5) is 0 Å². The van der Waals surface area contributed by atoms with E-state index >= 15 is 0 Å². The zero-order chi connectivity index (χ0) is 28.2. The first kappa shape index (κ1) is 41.9. The Hall–Kier alpha value is 0.439. The Labute approximate surface area is 253 Å². The monoisotopic (exact) mass is 668 g/mol. The second-order valence-electron chi connectivity index (χ2n) is 9.51. The number of carbonyl (C=O) groups is 2. The van der Waals surface area contributed by atoms with Gasteiger partial charge in [-0.15, -0.1) is 11.5 Å². The molecule has 220 valence electrons. The summed E-state index contributed by atoms with van der Waals surface area (Å²) in [6.07, 6.45) is 24.0. The van der Waals surface area contributed by atoms with Gasteiger partial charge in [-0.25, -0.2) is 0 Å². The summed E-state index contributed by atoms with van der Waals surface area (Å²) in [5, 5.41) is 0. The Morgan fingerprint density at radius 2 is 0.757 bits per heavy atom. The Kier molecular flexibility index (Phi) is 46.4. The predicted molar refractivity (Wildman–Crippen MR) is 168 cm³/mol. The van der Waals surface area contributed by atoms with Crippen molar-refractivity contribution in [2.45, 2.75) is 152 Å². The number of hydrogen-bond acceptors (Lipinski definition) is 6. The van der Waals surface area contributed by atoms with Gasteiger partial charge in [0.15, 0.2) is 0 Å². The average molecular weight is 668 g/mol. The third-order valence-electron chi connectivity index (χ3n) is 5.66. The topological polar surface area (TPSA) is 52.6 Å². The average Bonchev–Trinajstić information content (AvgIpc) is 2.89. The van der Waals surface area contributed by atoms with Gasteiger partial charge in [-0.3, -0.25) is 9.59 Å². The summed E-state index contributed by atoms with van der Waals surface area (Å²) in [5.74, 6) is 0.836. The van der Waals surface area contributed by atoms with E-state index in [-0.39, 0.29) is 33.1 Å². The SMILES string of the molecule is CCCCCCCCCCCC(=O)OCC[S-].CCCCCCCCCCCC(=O)OCC[S-].[CH3][Sn+2][CH3]. The summed E-state index contributed by atoms with van der Waals surface area (Å²) >= 11 is 9.64. The molecule has 0 saturated heterocycles. The number of esters is 2. The van der Waals surface area contributed by atoms with Crippen LogP contribution in [0, 0.1) is 0 Å².